The average Bonchev–Trinajstić information content (AvgIpc) is 3.30. The van der Waals surface area contributed by atoms with E-state index in [1.54, 1.807) is 0 Å². The fourth-order valence-corrected chi connectivity index (χ4v) is 3.14. The quantitative estimate of drug-likeness (QED) is 0.416. The minimum absolute atomic E-state index is 0.0815. The maximum absolute atomic E-state index is 13.7. The minimum Gasteiger partial charge on any atom is -0.481 e. The molecule has 1 unspecified atom stereocenters. The van der Waals surface area contributed by atoms with Crippen molar-refractivity contribution >= 4 is 23.2 Å². The van der Waals surface area contributed by atoms with Crippen molar-refractivity contribution in [2.45, 2.75) is 45.9 Å². The number of ether oxygens (including phenoxy) is 1. The molecule has 2 N–H and O–H groups in total. The first-order valence-corrected chi connectivity index (χ1v) is 10.6. The second-order valence-corrected chi connectivity index (χ2v) is 8.15. The molecule has 2 aromatic carbocycles. The van der Waals surface area contributed by atoms with Crippen LogP contribution in [0.15, 0.2) is 59.4 Å². The molecule has 6 nitrogen and oxygen atoms in total. The Kier molecular flexibility index (Phi) is 7.34. The zero-order chi connectivity index (χ0) is 25.0. The number of benzene rings is 2. The standard InChI is InChI=1S/C25H25F3N2O4/c1-14(2)17-6-5-15(3)22(11-17)34-16(4)23(31)30-21-8-7-19(12-20(21)25(26,27)28)29-24(32)18-9-10-33-13-18/h5-14,16H,1-4H3,(H,29,32)(H,30,31). The molecule has 0 bridgehead atoms. The molecular weight excluding hydrogens is 449 g/mol. The molecule has 180 valence electrons. The summed E-state index contributed by atoms with van der Waals surface area (Å²) < 4.78 is 51.7. The van der Waals surface area contributed by atoms with E-state index in [4.69, 9.17) is 9.15 Å². The van der Waals surface area contributed by atoms with E-state index in [9.17, 15) is 22.8 Å². The van der Waals surface area contributed by atoms with Gasteiger partial charge in [0.1, 0.15) is 12.0 Å². The van der Waals surface area contributed by atoms with Crippen molar-refractivity contribution in [2.24, 2.45) is 0 Å². The summed E-state index contributed by atoms with van der Waals surface area (Å²) in [7, 11) is 0. The van der Waals surface area contributed by atoms with E-state index in [0.717, 1.165) is 23.3 Å². The van der Waals surface area contributed by atoms with Crippen LogP contribution in [0.4, 0.5) is 24.5 Å². The van der Waals surface area contributed by atoms with E-state index in [0.29, 0.717) is 5.75 Å². The van der Waals surface area contributed by atoms with Gasteiger partial charge in [-0.2, -0.15) is 13.2 Å². The highest BCUT2D eigenvalue weighted by Crippen LogP contribution is 2.37. The average molecular weight is 474 g/mol. The first kappa shape index (κ1) is 24.9. The number of halogens is 3. The van der Waals surface area contributed by atoms with Gasteiger partial charge in [-0.15, -0.1) is 0 Å². The van der Waals surface area contributed by atoms with E-state index in [1.807, 2.05) is 39.0 Å². The lowest BCUT2D eigenvalue weighted by Crippen LogP contribution is -2.31. The molecule has 0 aliphatic rings. The summed E-state index contributed by atoms with van der Waals surface area (Å²) in [6.45, 7) is 7.32. The summed E-state index contributed by atoms with van der Waals surface area (Å²) in [4.78, 5) is 24.8. The second kappa shape index (κ2) is 10.0. The number of carbonyl (C=O) groups excluding carboxylic acids is 2. The van der Waals surface area contributed by atoms with Gasteiger partial charge < -0.3 is 19.8 Å². The number of furan rings is 1. The van der Waals surface area contributed by atoms with Crippen LogP contribution in [0.5, 0.6) is 5.75 Å². The molecule has 3 aromatic rings. The van der Waals surface area contributed by atoms with Crippen molar-refractivity contribution in [1.29, 1.82) is 0 Å². The molecule has 0 aliphatic carbocycles. The Labute approximate surface area is 195 Å². The molecule has 0 radical (unpaired) electrons. The van der Waals surface area contributed by atoms with Crippen LogP contribution in [0.1, 0.15) is 53.7 Å². The van der Waals surface area contributed by atoms with Crippen LogP contribution < -0.4 is 15.4 Å². The van der Waals surface area contributed by atoms with Crippen molar-refractivity contribution in [2.75, 3.05) is 10.6 Å². The van der Waals surface area contributed by atoms with E-state index >= 15 is 0 Å². The van der Waals surface area contributed by atoms with E-state index in [-0.39, 0.29) is 17.2 Å². The molecule has 0 fully saturated rings. The van der Waals surface area contributed by atoms with Crippen LogP contribution in [0.25, 0.3) is 0 Å². The molecular formula is C25H25F3N2O4. The second-order valence-electron chi connectivity index (χ2n) is 8.15. The fourth-order valence-electron chi connectivity index (χ4n) is 3.14. The number of hydrogen-bond donors (Lipinski definition) is 2. The van der Waals surface area contributed by atoms with Gasteiger partial charge in [-0.05, 0) is 61.2 Å². The van der Waals surface area contributed by atoms with E-state index in [1.165, 1.54) is 31.6 Å². The predicted octanol–water partition coefficient (Wildman–Crippen LogP) is 6.39. The third-order valence-electron chi connectivity index (χ3n) is 5.18. The van der Waals surface area contributed by atoms with E-state index in [2.05, 4.69) is 10.6 Å². The van der Waals surface area contributed by atoms with Gasteiger partial charge in [0.25, 0.3) is 11.8 Å². The molecule has 0 saturated heterocycles. The molecule has 1 heterocycles. The molecule has 1 atom stereocenters. The maximum atomic E-state index is 13.7. The van der Waals surface area contributed by atoms with Crippen LogP contribution in [0.3, 0.4) is 0 Å². The lowest BCUT2D eigenvalue weighted by atomic mass is 10.0. The molecule has 0 spiro atoms. The Morgan fingerprint density at radius 3 is 2.35 bits per heavy atom. The Morgan fingerprint density at radius 2 is 1.74 bits per heavy atom. The fraction of sp³-hybridized carbons (Fsp3) is 0.280. The molecule has 34 heavy (non-hydrogen) atoms. The Bertz CT molecular complexity index is 1170. The third-order valence-corrected chi connectivity index (χ3v) is 5.18. The Morgan fingerprint density at radius 1 is 1.00 bits per heavy atom. The van der Waals surface area contributed by atoms with Crippen molar-refractivity contribution < 1.29 is 31.9 Å². The summed E-state index contributed by atoms with van der Waals surface area (Å²) in [6.07, 6.45) is -3.37. The number of hydrogen-bond acceptors (Lipinski definition) is 4. The number of carbonyl (C=O) groups is 2. The summed E-state index contributed by atoms with van der Waals surface area (Å²) >= 11 is 0. The molecule has 2 amide bonds. The summed E-state index contributed by atoms with van der Waals surface area (Å²) in [5.41, 5.74) is 0.354. The molecule has 3 rings (SSSR count). The van der Waals surface area contributed by atoms with Crippen molar-refractivity contribution in [3.8, 4) is 5.75 Å². The molecule has 0 aliphatic heterocycles. The number of anilines is 2. The number of nitrogens with one attached hydrogen (secondary N) is 2. The smallest absolute Gasteiger partial charge is 0.418 e. The van der Waals surface area contributed by atoms with Gasteiger partial charge in [0, 0.05) is 5.69 Å². The van der Waals surface area contributed by atoms with Gasteiger partial charge in [-0.3, -0.25) is 9.59 Å². The lowest BCUT2D eigenvalue weighted by Gasteiger charge is -2.20. The van der Waals surface area contributed by atoms with Gasteiger partial charge in [0.2, 0.25) is 0 Å². The van der Waals surface area contributed by atoms with Crippen LogP contribution >= 0.6 is 0 Å². The van der Waals surface area contributed by atoms with Gasteiger partial charge >= 0.3 is 6.18 Å². The number of amides is 2. The highest BCUT2D eigenvalue weighted by Gasteiger charge is 2.35. The van der Waals surface area contributed by atoms with Crippen LogP contribution in [-0.2, 0) is 11.0 Å². The molecule has 1 aromatic heterocycles. The normalized spacial score (nSPS) is 12.4. The summed E-state index contributed by atoms with van der Waals surface area (Å²) in [5.74, 6) is -0.633. The van der Waals surface area contributed by atoms with Gasteiger partial charge in [0.05, 0.1) is 23.1 Å². The first-order chi connectivity index (χ1) is 16.0. The largest absolute Gasteiger partial charge is 0.481 e. The maximum Gasteiger partial charge on any atom is 0.418 e. The van der Waals surface area contributed by atoms with Gasteiger partial charge in [-0.1, -0.05) is 26.0 Å². The minimum atomic E-state index is -4.77. The van der Waals surface area contributed by atoms with Crippen LogP contribution in [0, 0.1) is 6.92 Å². The van der Waals surface area contributed by atoms with Crippen LogP contribution in [-0.4, -0.2) is 17.9 Å². The first-order valence-electron chi connectivity index (χ1n) is 10.6. The predicted molar refractivity (Wildman–Crippen MR) is 122 cm³/mol. The SMILES string of the molecule is Cc1ccc(C(C)C)cc1OC(C)C(=O)Nc1ccc(NC(=O)c2ccoc2)cc1C(F)(F)F. The topological polar surface area (TPSA) is 80.6 Å². The molecule has 9 heteroatoms. The van der Waals surface area contributed by atoms with Crippen molar-refractivity contribution in [3.05, 3.63) is 77.2 Å². The van der Waals surface area contributed by atoms with Crippen molar-refractivity contribution in [3.63, 3.8) is 0 Å². The monoisotopic (exact) mass is 474 g/mol. The molecule has 0 saturated carbocycles. The highest BCUT2D eigenvalue weighted by atomic mass is 19.4. The summed E-state index contributed by atoms with van der Waals surface area (Å²) in [5, 5.41) is 4.67. The van der Waals surface area contributed by atoms with Gasteiger partial charge in [-0.25, -0.2) is 0 Å². The zero-order valence-electron chi connectivity index (χ0n) is 19.1. The Balaban J connectivity index is 1.78. The van der Waals surface area contributed by atoms with Gasteiger partial charge in [0.15, 0.2) is 6.10 Å². The van der Waals surface area contributed by atoms with E-state index < -0.39 is 35.3 Å². The number of rotatable bonds is 7. The van der Waals surface area contributed by atoms with Crippen LogP contribution in [0.2, 0.25) is 0 Å². The zero-order valence-corrected chi connectivity index (χ0v) is 19.1. The number of aryl methyl sites for hydroxylation is 1. The Hall–Kier alpha value is -3.75. The van der Waals surface area contributed by atoms with Crippen molar-refractivity contribution in [1.82, 2.24) is 0 Å². The number of alkyl halides is 3. The lowest BCUT2D eigenvalue weighted by molar-refractivity contribution is -0.137. The third kappa shape index (κ3) is 5.98. The summed E-state index contributed by atoms with van der Waals surface area (Å²) in [6, 6.07) is 10.1. The highest BCUT2D eigenvalue weighted by molar-refractivity contribution is 6.04.